The number of aromatic hydroxyl groups is 2. The Morgan fingerprint density at radius 1 is 1.11 bits per heavy atom. The molecule has 0 aromatic heterocycles. The fourth-order valence-electron chi connectivity index (χ4n) is 3.20. The van der Waals surface area contributed by atoms with Crippen molar-refractivity contribution < 1.29 is 44.2 Å². The molecule has 0 unspecified atom stereocenters. The third kappa shape index (κ3) is 2.81. The number of aliphatic hydroxyl groups excluding tert-OH is 1. The molecule has 2 aromatic carbocycles. The van der Waals surface area contributed by atoms with Gasteiger partial charge in [0.2, 0.25) is 0 Å². The number of hydrogen-bond acceptors (Lipinski definition) is 8. The second kappa shape index (κ2) is 7.02. The van der Waals surface area contributed by atoms with E-state index in [4.69, 9.17) is 14.2 Å². The molecule has 0 fully saturated rings. The van der Waals surface area contributed by atoms with Gasteiger partial charge in [-0.05, 0) is 25.5 Å². The average Bonchev–Trinajstić information content (AvgIpc) is 2.75. The molecule has 9 heteroatoms. The molecule has 28 heavy (non-hydrogen) atoms. The number of carbonyl (C=O) groups is 2. The number of phenols is 2. The summed E-state index contributed by atoms with van der Waals surface area (Å²) in [6.45, 7) is 2.04. The van der Waals surface area contributed by atoms with Gasteiger partial charge in [0.1, 0.15) is 22.6 Å². The summed E-state index contributed by atoms with van der Waals surface area (Å²) in [4.78, 5) is 24.4. The summed E-state index contributed by atoms with van der Waals surface area (Å²) in [5.41, 5.74) is -0.261. The van der Waals surface area contributed by atoms with E-state index in [0.29, 0.717) is 5.56 Å². The zero-order chi connectivity index (χ0) is 20.7. The molecule has 2 aromatic rings. The van der Waals surface area contributed by atoms with Gasteiger partial charge in [-0.25, -0.2) is 9.59 Å². The van der Waals surface area contributed by atoms with E-state index in [-0.39, 0.29) is 51.9 Å². The first-order valence-corrected chi connectivity index (χ1v) is 8.19. The molecule has 0 saturated carbocycles. The van der Waals surface area contributed by atoms with Crippen LogP contribution in [-0.4, -0.2) is 39.5 Å². The molecular formula is C19H18O9. The lowest BCUT2D eigenvalue weighted by molar-refractivity contribution is 0.0691. The molecule has 3 rings (SSSR count). The lowest BCUT2D eigenvalue weighted by Gasteiger charge is -2.18. The van der Waals surface area contributed by atoms with Crippen molar-refractivity contribution >= 4 is 11.9 Å². The fraction of sp³-hybridized carbons (Fsp3) is 0.263. The van der Waals surface area contributed by atoms with Crippen LogP contribution in [0, 0.1) is 13.8 Å². The van der Waals surface area contributed by atoms with Crippen molar-refractivity contribution in [2.75, 3.05) is 7.11 Å². The monoisotopic (exact) mass is 390 g/mol. The number of aryl methyl sites for hydroxylation is 1. The summed E-state index contributed by atoms with van der Waals surface area (Å²) >= 11 is 0. The molecular weight excluding hydrogens is 372 g/mol. The Morgan fingerprint density at radius 3 is 2.36 bits per heavy atom. The quantitative estimate of drug-likeness (QED) is 0.457. The minimum absolute atomic E-state index is 0.00499. The normalized spacial score (nSPS) is 12.5. The molecule has 0 atom stereocenters. The van der Waals surface area contributed by atoms with Crippen LogP contribution in [0.1, 0.15) is 43.0 Å². The average molecular weight is 390 g/mol. The van der Waals surface area contributed by atoms with Crippen molar-refractivity contribution in [3.63, 3.8) is 0 Å². The van der Waals surface area contributed by atoms with Gasteiger partial charge in [-0.2, -0.15) is 0 Å². The van der Waals surface area contributed by atoms with Crippen molar-refractivity contribution in [3.8, 4) is 28.7 Å². The Labute approximate surface area is 159 Å². The number of methoxy groups -OCH3 is 1. The Morgan fingerprint density at radius 2 is 1.79 bits per heavy atom. The molecule has 0 spiro atoms. The van der Waals surface area contributed by atoms with Gasteiger partial charge in [-0.1, -0.05) is 0 Å². The predicted molar refractivity (Wildman–Crippen MR) is 94.3 cm³/mol. The summed E-state index contributed by atoms with van der Waals surface area (Å²) in [7, 11) is 1.33. The molecule has 0 saturated heterocycles. The van der Waals surface area contributed by atoms with Gasteiger partial charge < -0.3 is 34.6 Å². The first-order chi connectivity index (χ1) is 13.2. The van der Waals surface area contributed by atoms with Crippen LogP contribution in [0.3, 0.4) is 0 Å². The molecule has 0 bridgehead atoms. The van der Waals surface area contributed by atoms with Crippen LogP contribution in [0.15, 0.2) is 6.07 Å². The SMILES string of the molecule is COCc1c(O)c(C(=O)O)c(C)c2c1OC(=O)c1c(C)cc(O)c(CO)c1O2. The number of carboxylic acids is 1. The second-order valence-corrected chi connectivity index (χ2v) is 6.27. The largest absolute Gasteiger partial charge is 0.507 e. The zero-order valence-corrected chi connectivity index (χ0v) is 15.3. The third-order valence-electron chi connectivity index (χ3n) is 4.54. The highest BCUT2D eigenvalue weighted by molar-refractivity contribution is 6.00. The van der Waals surface area contributed by atoms with E-state index >= 15 is 0 Å². The van der Waals surface area contributed by atoms with Crippen LogP contribution in [0.4, 0.5) is 0 Å². The van der Waals surface area contributed by atoms with Crippen molar-refractivity contribution in [3.05, 3.63) is 39.4 Å². The van der Waals surface area contributed by atoms with Gasteiger partial charge in [0.15, 0.2) is 17.2 Å². The molecule has 1 aliphatic rings. The van der Waals surface area contributed by atoms with E-state index in [9.17, 15) is 30.0 Å². The Hall–Kier alpha value is -3.30. The maximum atomic E-state index is 12.8. The van der Waals surface area contributed by atoms with Crippen LogP contribution in [-0.2, 0) is 18.0 Å². The fourth-order valence-corrected chi connectivity index (χ4v) is 3.20. The summed E-state index contributed by atoms with van der Waals surface area (Å²) in [6, 6.07) is 1.29. The van der Waals surface area contributed by atoms with E-state index < -0.39 is 29.9 Å². The van der Waals surface area contributed by atoms with Crippen LogP contribution in [0.2, 0.25) is 0 Å². The molecule has 148 valence electrons. The van der Waals surface area contributed by atoms with E-state index in [2.05, 4.69) is 0 Å². The molecule has 0 radical (unpaired) electrons. The van der Waals surface area contributed by atoms with Crippen molar-refractivity contribution in [2.24, 2.45) is 0 Å². The number of benzene rings is 2. The van der Waals surface area contributed by atoms with E-state index in [1.807, 2.05) is 0 Å². The smallest absolute Gasteiger partial charge is 0.347 e. The lowest BCUT2D eigenvalue weighted by atomic mass is 10.0. The Balaban J connectivity index is 2.40. The maximum absolute atomic E-state index is 12.8. The van der Waals surface area contributed by atoms with E-state index in [0.717, 1.165) is 0 Å². The highest BCUT2D eigenvalue weighted by Gasteiger charge is 2.35. The number of esters is 1. The summed E-state index contributed by atoms with van der Waals surface area (Å²) in [6.07, 6.45) is 0. The van der Waals surface area contributed by atoms with Gasteiger partial charge in [0, 0.05) is 12.7 Å². The lowest BCUT2D eigenvalue weighted by Crippen LogP contribution is -2.12. The number of carboxylic acid groups (broad SMARTS) is 1. The van der Waals surface area contributed by atoms with E-state index in [1.54, 1.807) is 6.92 Å². The Kier molecular flexibility index (Phi) is 4.88. The Bertz CT molecular complexity index is 1010. The van der Waals surface area contributed by atoms with Crippen molar-refractivity contribution in [1.82, 2.24) is 0 Å². The van der Waals surface area contributed by atoms with Crippen LogP contribution in [0.25, 0.3) is 0 Å². The van der Waals surface area contributed by atoms with Gasteiger partial charge in [0.25, 0.3) is 0 Å². The van der Waals surface area contributed by atoms with Gasteiger partial charge in [0.05, 0.1) is 24.3 Å². The van der Waals surface area contributed by atoms with Crippen molar-refractivity contribution in [2.45, 2.75) is 27.1 Å². The minimum Gasteiger partial charge on any atom is -0.507 e. The third-order valence-corrected chi connectivity index (χ3v) is 4.54. The summed E-state index contributed by atoms with van der Waals surface area (Å²) in [5, 5.41) is 39.7. The maximum Gasteiger partial charge on any atom is 0.347 e. The zero-order valence-electron chi connectivity index (χ0n) is 15.3. The summed E-state index contributed by atoms with van der Waals surface area (Å²) < 4.78 is 16.3. The van der Waals surface area contributed by atoms with E-state index in [1.165, 1.54) is 20.1 Å². The first kappa shape index (κ1) is 19.5. The van der Waals surface area contributed by atoms with Gasteiger partial charge in [-0.3, -0.25) is 0 Å². The number of fused-ring (bicyclic) bond motifs is 2. The minimum atomic E-state index is -1.41. The summed E-state index contributed by atoms with van der Waals surface area (Å²) in [5.74, 6) is -3.61. The van der Waals surface area contributed by atoms with Gasteiger partial charge in [-0.15, -0.1) is 0 Å². The number of rotatable bonds is 4. The predicted octanol–water partition coefficient (Wildman–Crippen LogP) is 2.38. The molecule has 0 amide bonds. The van der Waals surface area contributed by atoms with Crippen molar-refractivity contribution in [1.29, 1.82) is 0 Å². The molecule has 4 N–H and O–H groups in total. The number of aliphatic hydroxyl groups is 1. The molecule has 0 aliphatic carbocycles. The van der Waals surface area contributed by atoms with Gasteiger partial charge >= 0.3 is 11.9 Å². The molecule has 9 nitrogen and oxygen atoms in total. The number of carbonyl (C=O) groups excluding carboxylic acids is 1. The number of ether oxygens (including phenoxy) is 3. The molecule has 1 aliphatic heterocycles. The molecule has 1 heterocycles. The van der Waals surface area contributed by atoms with Crippen LogP contribution in [0.5, 0.6) is 28.7 Å². The topological polar surface area (TPSA) is 143 Å². The first-order valence-electron chi connectivity index (χ1n) is 8.19. The number of hydrogen-bond donors (Lipinski definition) is 4. The van der Waals surface area contributed by atoms with Crippen LogP contribution >= 0.6 is 0 Å². The highest BCUT2D eigenvalue weighted by Crippen LogP contribution is 2.50. The van der Waals surface area contributed by atoms with Crippen LogP contribution < -0.4 is 9.47 Å². The second-order valence-electron chi connectivity index (χ2n) is 6.27. The standard InChI is InChI=1S/C19H18O9/c1-7-4-11(21)9(5-20)16-12(7)19(25)28-17-10(6-26-3)14(22)13(18(23)24)8(2)15(17)27-16/h4,20-22H,5-6H2,1-3H3,(H,23,24). The number of aromatic carboxylic acids is 1. The highest BCUT2D eigenvalue weighted by atomic mass is 16.6.